The molecule has 0 aliphatic carbocycles. The number of aromatic amines is 1. The number of carbonyl (C=O) groups is 1. The van der Waals surface area contributed by atoms with E-state index in [2.05, 4.69) is 24.9 Å². The van der Waals surface area contributed by atoms with Gasteiger partial charge in [0.05, 0.1) is 11.0 Å². The minimum Gasteiger partial charge on any atom is -0.406 e. The summed E-state index contributed by atoms with van der Waals surface area (Å²) in [5, 5.41) is 2.89. The van der Waals surface area contributed by atoms with E-state index in [9.17, 15) is 18.0 Å². The molecule has 6 nitrogen and oxygen atoms in total. The number of halogens is 3. The van der Waals surface area contributed by atoms with E-state index >= 15 is 0 Å². The van der Waals surface area contributed by atoms with Crippen LogP contribution in [0.25, 0.3) is 17.1 Å². The molecule has 0 bridgehead atoms. The fourth-order valence-corrected chi connectivity index (χ4v) is 4.19. The van der Waals surface area contributed by atoms with Crippen molar-refractivity contribution in [3.05, 3.63) is 65.0 Å². The van der Waals surface area contributed by atoms with Crippen LogP contribution < -0.4 is 10.1 Å². The number of benzene rings is 2. The number of hydrogen-bond acceptors (Lipinski definition) is 4. The van der Waals surface area contributed by atoms with Crippen molar-refractivity contribution in [1.29, 1.82) is 0 Å². The summed E-state index contributed by atoms with van der Waals surface area (Å²) in [5.74, 6) is 0.489. The fraction of sp³-hybridized carbons (Fsp3) is 0.360. The number of nitrogens with zero attached hydrogens (tertiary/aromatic N) is 2. The molecule has 0 spiro atoms. The number of rotatable bonds is 8. The zero-order chi connectivity index (χ0) is 24.1. The molecule has 0 saturated heterocycles. The lowest BCUT2D eigenvalue weighted by Crippen LogP contribution is -2.32. The molecule has 1 aliphatic rings. The molecule has 0 fully saturated rings. The number of amides is 1. The van der Waals surface area contributed by atoms with Gasteiger partial charge in [-0.3, -0.25) is 9.69 Å². The number of unbranched alkanes of at least 4 members (excludes halogenated alkanes) is 1. The van der Waals surface area contributed by atoms with Crippen LogP contribution in [0, 0.1) is 6.92 Å². The average Bonchev–Trinajstić information content (AvgIpc) is 3.17. The van der Waals surface area contributed by atoms with Gasteiger partial charge in [-0.2, -0.15) is 0 Å². The average molecular weight is 473 g/mol. The molecule has 2 N–H and O–H groups in total. The Morgan fingerprint density at radius 3 is 2.91 bits per heavy atom. The topological polar surface area (TPSA) is 70.2 Å². The molecule has 0 saturated carbocycles. The number of imidazole rings is 1. The first-order valence-electron chi connectivity index (χ1n) is 11.3. The summed E-state index contributed by atoms with van der Waals surface area (Å²) >= 11 is 0. The summed E-state index contributed by atoms with van der Waals surface area (Å²) in [6.07, 6.45) is 1.08. The first-order chi connectivity index (χ1) is 16.3. The van der Waals surface area contributed by atoms with Crippen LogP contribution in [0.5, 0.6) is 5.75 Å². The number of ether oxygens (including phenoxy) is 1. The Kier molecular flexibility index (Phi) is 7.21. The summed E-state index contributed by atoms with van der Waals surface area (Å²) in [6.45, 7) is 4.72. The van der Waals surface area contributed by atoms with E-state index in [0.29, 0.717) is 13.1 Å². The van der Waals surface area contributed by atoms with Gasteiger partial charge in [-0.15, -0.1) is 13.2 Å². The molecule has 3 aromatic rings. The Morgan fingerprint density at radius 2 is 2.09 bits per heavy atom. The van der Waals surface area contributed by atoms with Crippen LogP contribution in [-0.4, -0.2) is 46.8 Å². The van der Waals surface area contributed by atoms with E-state index in [1.165, 1.54) is 18.2 Å². The van der Waals surface area contributed by atoms with E-state index in [1.54, 1.807) is 12.1 Å². The number of aryl methyl sites for hydroxylation is 1. The van der Waals surface area contributed by atoms with Crippen LogP contribution in [0.15, 0.2) is 42.5 Å². The molecule has 1 amide bonds. The van der Waals surface area contributed by atoms with Gasteiger partial charge in [-0.05, 0) is 68.1 Å². The third-order valence-electron chi connectivity index (χ3n) is 5.78. The maximum atomic E-state index is 12.5. The van der Waals surface area contributed by atoms with Crippen LogP contribution in [0.3, 0.4) is 0 Å². The molecule has 0 unspecified atom stereocenters. The molecule has 9 heteroatoms. The number of para-hydroxylation sites is 1. The van der Waals surface area contributed by atoms with E-state index in [4.69, 9.17) is 0 Å². The summed E-state index contributed by atoms with van der Waals surface area (Å²) in [6, 6.07) is 10.3. The van der Waals surface area contributed by atoms with E-state index < -0.39 is 6.36 Å². The van der Waals surface area contributed by atoms with Crippen molar-refractivity contribution >= 4 is 23.0 Å². The van der Waals surface area contributed by atoms with Crippen molar-refractivity contribution in [3.63, 3.8) is 0 Å². The number of carbonyl (C=O) groups excluding carboxylic acids is 1. The number of nitrogens with one attached hydrogen (secondary N) is 2. The van der Waals surface area contributed by atoms with Crippen molar-refractivity contribution in [2.45, 2.75) is 39.1 Å². The van der Waals surface area contributed by atoms with Gasteiger partial charge in [0.2, 0.25) is 5.91 Å². The second kappa shape index (κ2) is 10.3. The third-order valence-corrected chi connectivity index (χ3v) is 5.78. The second-order valence-electron chi connectivity index (χ2n) is 8.40. The number of hydrogen-bond donors (Lipinski definition) is 2. The number of alkyl halides is 3. The molecule has 2 aromatic carbocycles. The Bertz CT molecular complexity index is 1190. The number of fused-ring (bicyclic) bond motifs is 2. The highest BCUT2D eigenvalue weighted by molar-refractivity contribution is 5.94. The zero-order valence-corrected chi connectivity index (χ0v) is 18.9. The molecule has 1 aliphatic heterocycles. The van der Waals surface area contributed by atoms with Crippen molar-refractivity contribution in [3.8, 4) is 5.75 Å². The largest absolute Gasteiger partial charge is 0.573 e. The van der Waals surface area contributed by atoms with Crippen LogP contribution >= 0.6 is 0 Å². The summed E-state index contributed by atoms with van der Waals surface area (Å²) in [7, 11) is 0. The molecular weight excluding hydrogens is 445 g/mol. The Morgan fingerprint density at radius 1 is 1.24 bits per heavy atom. The lowest BCUT2D eigenvalue weighted by atomic mass is 9.99. The molecule has 180 valence electrons. The minimum absolute atomic E-state index is 0.159. The van der Waals surface area contributed by atoms with Gasteiger partial charge < -0.3 is 15.0 Å². The monoisotopic (exact) mass is 472 g/mol. The lowest BCUT2D eigenvalue weighted by molar-refractivity contribution is -0.274. The summed E-state index contributed by atoms with van der Waals surface area (Å²) in [4.78, 5) is 22.0. The zero-order valence-electron chi connectivity index (χ0n) is 18.9. The van der Waals surface area contributed by atoms with Gasteiger partial charge in [0.15, 0.2) is 0 Å². The number of H-pyrrole nitrogens is 1. The normalized spacial score (nSPS) is 14.5. The van der Waals surface area contributed by atoms with E-state index in [1.807, 2.05) is 25.1 Å². The van der Waals surface area contributed by atoms with Gasteiger partial charge in [-0.25, -0.2) is 4.98 Å². The molecule has 0 atom stereocenters. The van der Waals surface area contributed by atoms with Crippen molar-refractivity contribution in [1.82, 2.24) is 20.2 Å². The van der Waals surface area contributed by atoms with Crippen LogP contribution in [0.1, 0.15) is 35.4 Å². The molecule has 1 aromatic heterocycles. The van der Waals surface area contributed by atoms with E-state index in [-0.39, 0.29) is 11.7 Å². The highest BCUT2D eigenvalue weighted by Gasteiger charge is 2.31. The predicted octanol–water partition coefficient (Wildman–Crippen LogP) is 4.74. The maximum absolute atomic E-state index is 12.5. The second-order valence-corrected chi connectivity index (χ2v) is 8.40. The molecular formula is C25H27F3N4O2. The van der Waals surface area contributed by atoms with Gasteiger partial charge in [0.25, 0.3) is 0 Å². The minimum atomic E-state index is -4.69. The summed E-state index contributed by atoms with van der Waals surface area (Å²) < 4.78 is 41.5. The fourth-order valence-electron chi connectivity index (χ4n) is 4.19. The highest BCUT2D eigenvalue weighted by atomic mass is 19.4. The van der Waals surface area contributed by atoms with Gasteiger partial charge >= 0.3 is 6.36 Å². The van der Waals surface area contributed by atoms with Gasteiger partial charge in [0, 0.05) is 31.3 Å². The molecule has 4 rings (SSSR count). The van der Waals surface area contributed by atoms with Crippen molar-refractivity contribution < 1.29 is 22.7 Å². The molecule has 0 radical (unpaired) electrons. The Balaban J connectivity index is 1.19. The summed E-state index contributed by atoms with van der Waals surface area (Å²) in [5.41, 5.74) is 4.58. The van der Waals surface area contributed by atoms with Crippen LogP contribution in [0.4, 0.5) is 13.2 Å². The predicted molar refractivity (Wildman–Crippen MR) is 124 cm³/mol. The van der Waals surface area contributed by atoms with Gasteiger partial charge in [0.1, 0.15) is 11.6 Å². The first kappa shape index (κ1) is 23.8. The van der Waals surface area contributed by atoms with Crippen LogP contribution in [0.2, 0.25) is 0 Å². The van der Waals surface area contributed by atoms with Gasteiger partial charge in [-0.1, -0.05) is 18.2 Å². The Hall–Kier alpha value is -3.33. The lowest BCUT2D eigenvalue weighted by Gasteiger charge is -2.29. The first-order valence-corrected chi connectivity index (χ1v) is 11.3. The van der Waals surface area contributed by atoms with E-state index in [0.717, 1.165) is 65.9 Å². The molecule has 34 heavy (non-hydrogen) atoms. The van der Waals surface area contributed by atoms with Crippen LogP contribution in [-0.2, 0) is 17.8 Å². The standard InChI is InChI=1S/C25H27F3N4O2/c1-17-30-22-6-4-5-19(24(22)31-17)8-10-23(33)29-12-2-3-13-32-14-11-18-7-9-21(15-20(18)16-32)34-25(26,27)28/h4-10,15H,2-3,11-14,16H2,1H3,(H,29,33)(H,30,31). The highest BCUT2D eigenvalue weighted by Crippen LogP contribution is 2.28. The maximum Gasteiger partial charge on any atom is 0.573 e. The molecule has 2 heterocycles. The Labute approximate surface area is 195 Å². The quantitative estimate of drug-likeness (QED) is 0.367. The number of aromatic nitrogens is 2. The smallest absolute Gasteiger partial charge is 0.406 e. The van der Waals surface area contributed by atoms with Crippen molar-refractivity contribution in [2.75, 3.05) is 19.6 Å². The van der Waals surface area contributed by atoms with Crippen molar-refractivity contribution in [2.24, 2.45) is 0 Å². The third kappa shape index (κ3) is 6.38. The SMILES string of the molecule is Cc1nc2c(C=CC(=O)NCCCCN3CCc4ccc(OC(F)(F)F)cc4C3)cccc2[nH]1.